The zero-order chi connectivity index (χ0) is 13.2. The Kier molecular flexibility index (Phi) is 4.66. The van der Waals surface area contributed by atoms with Gasteiger partial charge in [-0.2, -0.15) is 0 Å². The monoisotopic (exact) mass is 296 g/mol. The predicted octanol–water partition coefficient (Wildman–Crippen LogP) is 2.65. The maximum absolute atomic E-state index is 12.0. The van der Waals surface area contributed by atoms with Gasteiger partial charge in [-0.05, 0) is 25.5 Å². The molecule has 1 rings (SSSR count). The van der Waals surface area contributed by atoms with Crippen LogP contribution in [0.3, 0.4) is 0 Å². The predicted molar refractivity (Wildman–Crippen MR) is 70.9 cm³/mol. The molecular weight excluding hydrogens is 283 g/mol. The fraction of sp³-hybridized carbons (Fsp3) is 0.400. The van der Waals surface area contributed by atoms with E-state index in [0.29, 0.717) is 11.4 Å². The van der Waals surface area contributed by atoms with Gasteiger partial charge in [0.1, 0.15) is 4.90 Å². The normalized spacial score (nSPS) is 13.6. The fourth-order valence-electron chi connectivity index (χ4n) is 1.27. The van der Waals surface area contributed by atoms with E-state index in [0.717, 1.165) is 0 Å². The van der Waals surface area contributed by atoms with Crippen LogP contribution in [-0.2, 0) is 10.0 Å². The van der Waals surface area contributed by atoms with Crippen molar-refractivity contribution in [1.82, 2.24) is 4.72 Å². The molecule has 1 unspecified atom stereocenters. The summed E-state index contributed by atoms with van der Waals surface area (Å²) in [6.45, 7) is 3.64. The van der Waals surface area contributed by atoms with Gasteiger partial charge < -0.3 is 5.73 Å². The third kappa shape index (κ3) is 3.48. The molecule has 0 radical (unpaired) electrons. The van der Waals surface area contributed by atoms with E-state index in [1.807, 2.05) is 6.92 Å². The van der Waals surface area contributed by atoms with Crippen LogP contribution < -0.4 is 10.5 Å². The Morgan fingerprint density at radius 1 is 1.41 bits per heavy atom. The van der Waals surface area contributed by atoms with E-state index in [1.165, 1.54) is 12.1 Å². The smallest absolute Gasteiger partial charge is 0.244 e. The van der Waals surface area contributed by atoms with Crippen molar-refractivity contribution in [3.05, 3.63) is 22.2 Å². The van der Waals surface area contributed by atoms with E-state index >= 15 is 0 Å². The SMILES string of the molecule is CCC(C)NS(=O)(=O)c1c(N)cc(Cl)cc1Cl. The largest absolute Gasteiger partial charge is 0.398 e. The molecule has 3 N–H and O–H groups in total. The highest BCUT2D eigenvalue weighted by Gasteiger charge is 2.23. The second kappa shape index (κ2) is 5.44. The molecule has 0 bridgehead atoms. The van der Waals surface area contributed by atoms with Gasteiger partial charge >= 0.3 is 0 Å². The summed E-state index contributed by atoms with van der Waals surface area (Å²) in [4.78, 5) is -0.121. The summed E-state index contributed by atoms with van der Waals surface area (Å²) in [7, 11) is -3.72. The number of nitrogens with two attached hydrogens (primary N) is 1. The van der Waals surface area contributed by atoms with Crippen molar-refractivity contribution in [2.24, 2.45) is 0 Å². The lowest BCUT2D eigenvalue weighted by molar-refractivity contribution is 0.556. The highest BCUT2D eigenvalue weighted by atomic mass is 35.5. The first-order valence-corrected chi connectivity index (χ1v) is 7.28. The molecule has 0 saturated carbocycles. The van der Waals surface area contributed by atoms with Crippen molar-refractivity contribution in [3.8, 4) is 0 Å². The highest BCUT2D eigenvalue weighted by Crippen LogP contribution is 2.31. The molecule has 0 aromatic heterocycles. The first-order chi connectivity index (χ1) is 7.77. The van der Waals surface area contributed by atoms with E-state index < -0.39 is 10.0 Å². The number of anilines is 1. The first kappa shape index (κ1) is 14.6. The fourth-order valence-corrected chi connectivity index (χ4v) is 3.58. The Morgan fingerprint density at radius 3 is 2.47 bits per heavy atom. The minimum Gasteiger partial charge on any atom is -0.398 e. The van der Waals surface area contributed by atoms with Crippen LogP contribution in [0.15, 0.2) is 17.0 Å². The van der Waals surface area contributed by atoms with Gasteiger partial charge in [0.2, 0.25) is 10.0 Å². The molecule has 0 heterocycles. The molecule has 1 aromatic carbocycles. The molecular formula is C10H14Cl2N2O2S. The van der Waals surface area contributed by atoms with Crippen LogP contribution in [0.5, 0.6) is 0 Å². The number of sulfonamides is 1. The van der Waals surface area contributed by atoms with Crippen LogP contribution in [0.25, 0.3) is 0 Å². The molecule has 0 fully saturated rings. The maximum Gasteiger partial charge on any atom is 0.244 e. The lowest BCUT2D eigenvalue weighted by Crippen LogP contribution is -2.32. The van der Waals surface area contributed by atoms with Crippen LogP contribution in [0.1, 0.15) is 20.3 Å². The Balaban J connectivity index is 3.25. The number of nitrogens with one attached hydrogen (secondary N) is 1. The van der Waals surface area contributed by atoms with Crippen molar-refractivity contribution >= 4 is 38.9 Å². The van der Waals surface area contributed by atoms with Crippen molar-refractivity contribution in [2.75, 3.05) is 5.73 Å². The maximum atomic E-state index is 12.0. The molecule has 0 aliphatic heterocycles. The van der Waals surface area contributed by atoms with Gasteiger partial charge in [-0.1, -0.05) is 30.1 Å². The number of benzene rings is 1. The number of halogens is 2. The summed E-state index contributed by atoms with van der Waals surface area (Å²) in [5.41, 5.74) is 5.68. The Morgan fingerprint density at radius 2 is 2.00 bits per heavy atom. The van der Waals surface area contributed by atoms with Gasteiger partial charge in [-0.3, -0.25) is 0 Å². The van der Waals surface area contributed by atoms with Gasteiger partial charge in [0.15, 0.2) is 0 Å². The van der Waals surface area contributed by atoms with Crippen LogP contribution >= 0.6 is 23.2 Å². The zero-order valence-electron chi connectivity index (χ0n) is 9.50. The van der Waals surface area contributed by atoms with Crippen molar-refractivity contribution in [2.45, 2.75) is 31.2 Å². The Labute approximate surface area is 111 Å². The third-order valence-electron chi connectivity index (χ3n) is 2.27. The summed E-state index contributed by atoms with van der Waals surface area (Å²) in [5.74, 6) is 0. The van der Waals surface area contributed by atoms with Crippen LogP contribution in [-0.4, -0.2) is 14.5 Å². The average Bonchev–Trinajstić information content (AvgIpc) is 2.14. The summed E-state index contributed by atoms with van der Waals surface area (Å²) in [6.07, 6.45) is 0.671. The van der Waals surface area contributed by atoms with E-state index in [1.54, 1.807) is 6.92 Å². The summed E-state index contributed by atoms with van der Waals surface area (Å²) >= 11 is 11.6. The lowest BCUT2D eigenvalue weighted by atomic mass is 10.3. The molecule has 7 heteroatoms. The van der Waals surface area contributed by atoms with Gasteiger partial charge in [-0.25, -0.2) is 13.1 Å². The second-order valence-corrected chi connectivity index (χ2v) is 6.23. The Bertz CT molecular complexity index is 494. The molecule has 0 spiro atoms. The Hall–Kier alpha value is -0.490. The number of hydrogen-bond donors (Lipinski definition) is 2. The van der Waals surface area contributed by atoms with E-state index in [2.05, 4.69) is 4.72 Å². The standard InChI is InChI=1S/C10H14Cl2N2O2S/c1-3-6(2)14-17(15,16)10-8(12)4-7(11)5-9(10)13/h4-6,14H,3,13H2,1-2H3. The minimum atomic E-state index is -3.72. The van der Waals surface area contributed by atoms with Gasteiger partial charge in [0, 0.05) is 11.1 Å². The average molecular weight is 297 g/mol. The van der Waals surface area contributed by atoms with Crippen molar-refractivity contribution < 1.29 is 8.42 Å². The van der Waals surface area contributed by atoms with Crippen LogP contribution in [0, 0.1) is 0 Å². The molecule has 0 amide bonds. The topological polar surface area (TPSA) is 72.2 Å². The van der Waals surface area contributed by atoms with E-state index in [4.69, 9.17) is 28.9 Å². The molecule has 4 nitrogen and oxygen atoms in total. The van der Waals surface area contributed by atoms with Crippen molar-refractivity contribution in [1.29, 1.82) is 0 Å². The first-order valence-electron chi connectivity index (χ1n) is 5.04. The lowest BCUT2D eigenvalue weighted by Gasteiger charge is -2.14. The summed E-state index contributed by atoms with van der Waals surface area (Å²) < 4.78 is 26.6. The van der Waals surface area contributed by atoms with E-state index in [-0.39, 0.29) is 21.6 Å². The molecule has 0 aliphatic rings. The van der Waals surface area contributed by atoms with Crippen LogP contribution in [0.4, 0.5) is 5.69 Å². The van der Waals surface area contributed by atoms with E-state index in [9.17, 15) is 8.42 Å². The number of nitrogen functional groups attached to an aromatic ring is 1. The quantitative estimate of drug-likeness (QED) is 0.839. The van der Waals surface area contributed by atoms with Gasteiger partial charge in [0.05, 0.1) is 10.7 Å². The molecule has 96 valence electrons. The molecule has 1 atom stereocenters. The molecule has 1 aromatic rings. The zero-order valence-corrected chi connectivity index (χ0v) is 11.8. The number of hydrogen-bond acceptors (Lipinski definition) is 3. The molecule has 0 aliphatic carbocycles. The summed E-state index contributed by atoms with van der Waals surface area (Å²) in [5, 5.41) is 0.320. The molecule has 0 saturated heterocycles. The summed E-state index contributed by atoms with van der Waals surface area (Å²) in [6, 6.07) is 2.52. The molecule has 17 heavy (non-hydrogen) atoms. The minimum absolute atomic E-state index is 0.0193. The van der Waals surface area contributed by atoms with Crippen LogP contribution in [0.2, 0.25) is 10.0 Å². The third-order valence-corrected chi connectivity index (χ3v) is 4.61. The highest BCUT2D eigenvalue weighted by molar-refractivity contribution is 7.89. The van der Waals surface area contributed by atoms with Gasteiger partial charge in [-0.15, -0.1) is 0 Å². The number of rotatable bonds is 4. The van der Waals surface area contributed by atoms with Crippen molar-refractivity contribution in [3.63, 3.8) is 0 Å². The van der Waals surface area contributed by atoms with Gasteiger partial charge in [0.25, 0.3) is 0 Å². The second-order valence-electron chi connectivity index (χ2n) is 3.74.